The van der Waals surface area contributed by atoms with Gasteiger partial charge in [-0.2, -0.15) is 0 Å². The molecule has 1 fully saturated rings. The zero-order chi connectivity index (χ0) is 11.5. The van der Waals surface area contributed by atoms with Crippen LogP contribution < -0.4 is 5.73 Å². The van der Waals surface area contributed by atoms with Gasteiger partial charge in [-0.3, -0.25) is 0 Å². The zero-order valence-corrected chi connectivity index (χ0v) is 10.1. The Balaban J connectivity index is 2.12. The molecule has 2 atom stereocenters. The summed E-state index contributed by atoms with van der Waals surface area (Å²) in [5.74, 6) is 0.576. The number of hydrogen-bond acceptors (Lipinski definition) is 2. The molecule has 0 spiro atoms. The van der Waals surface area contributed by atoms with E-state index in [0.717, 1.165) is 12.8 Å². The molecule has 16 heavy (non-hydrogen) atoms. The van der Waals surface area contributed by atoms with Gasteiger partial charge in [0.25, 0.3) is 0 Å². The monoisotopic (exact) mass is 219 g/mol. The molecule has 2 N–H and O–H groups in total. The molecule has 0 aromatic heterocycles. The Hall–Kier alpha value is -0.860. The predicted molar refractivity (Wildman–Crippen MR) is 66.4 cm³/mol. The highest BCUT2D eigenvalue weighted by Gasteiger charge is 2.25. The summed E-state index contributed by atoms with van der Waals surface area (Å²) >= 11 is 0. The normalized spacial score (nSPS) is 25.2. The van der Waals surface area contributed by atoms with E-state index >= 15 is 0 Å². The maximum absolute atomic E-state index is 5.91. The molecule has 1 saturated heterocycles. The van der Waals surface area contributed by atoms with Gasteiger partial charge in [-0.1, -0.05) is 38.1 Å². The lowest BCUT2D eigenvalue weighted by molar-refractivity contribution is 0.0498. The molecule has 1 aliphatic rings. The first-order valence-corrected chi connectivity index (χ1v) is 6.16. The van der Waals surface area contributed by atoms with Gasteiger partial charge in [0, 0.05) is 6.54 Å². The Morgan fingerprint density at radius 1 is 1.38 bits per heavy atom. The van der Waals surface area contributed by atoms with Crippen molar-refractivity contribution in [3.8, 4) is 0 Å². The summed E-state index contributed by atoms with van der Waals surface area (Å²) in [6, 6.07) is 8.75. The van der Waals surface area contributed by atoms with Crippen LogP contribution in [0.15, 0.2) is 24.3 Å². The Morgan fingerprint density at radius 3 is 2.81 bits per heavy atom. The van der Waals surface area contributed by atoms with Gasteiger partial charge in [-0.15, -0.1) is 0 Å². The van der Waals surface area contributed by atoms with Gasteiger partial charge < -0.3 is 10.5 Å². The molecule has 1 heterocycles. The number of benzene rings is 1. The van der Waals surface area contributed by atoms with Crippen molar-refractivity contribution in [2.24, 2.45) is 5.73 Å². The minimum absolute atomic E-state index is 0.257. The van der Waals surface area contributed by atoms with Crippen molar-refractivity contribution in [1.82, 2.24) is 0 Å². The highest BCUT2D eigenvalue weighted by molar-refractivity contribution is 5.27. The summed E-state index contributed by atoms with van der Waals surface area (Å²) in [6.07, 6.45) is 2.70. The second kappa shape index (κ2) is 4.98. The van der Waals surface area contributed by atoms with Gasteiger partial charge in [0.15, 0.2) is 0 Å². The number of rotatable bonds is 3. The molecule has 0 aliphatic carbocycles. The van der Waals surface area contributed by atoms with E-state index in [1.54, 1.807) is 0 Å². The minimum Gasteiger partial charge on any atom is -0.369 e. The van der Waals surface area contributed by atoms with Crippen LogP contribution in [0.4, 0.5) is 0 Å². The van der Waals surface area contributed by atoms with Gasteiger partial charge in [0.2, 0.25) is 0 Å². The van der Waals surface area contributed by atoms with E-state index in [0.29, 0.717) is 12.5 Å². The van der Waals surface area contributed by atoms with E-state index in [1.165, 1.54) is 11.1 Å². The lowest BCUT2D eigenvalue weighted by atomic mass is 9.98. The van der Waals surface area contributed by atoms with Crippen LogP contribution in [0.2, 0.25) is 0 Å². The molecule has 2 nitrogen and oxygen atoms in total. The Labute approximate surface area is 97.8 Å². The molecule has 1 aromatic carbocycles. The SMILES string of the molecule is CC(C)c1cccc([C@@H]2CC[C@H](CN)O2)c1. The van der Waals surface area contributed by atoms with Crippen molar-refractivity contribution in [3.63, 3.8) is 0 Å². The number of nitrogens with two attached hydrogens (primary N) is 1. The van der Waals surface area contributed by atoms with E-state index in [4.69, 9.17) is 10.5 Å². The fourth-order valence-electron chi connectivity index (χ4n) is 2.24. The average Bonchev–Trinajstić information content (AvgIpc) is 2.77. The first kappa shape index (κ1) is 11.6. The van der Waals surface area contributed by atoms with Crippen LogP contribution in [0, 0.1) is 0 Å². The molecule has 2 rings (SSSR count). The van der Waals surface area contributed by atoms with Gasteiger partial charge in [0.1, 0.15) is 0 Å². The summed E-state index contributed by atoms with van der Waals surface area (Å²) in [4.78, 5) is 0. The highest BCUT2D eigenvalue weighted by Crippen LogP contribution is 2.33. The smallest absolute Gasteiger partial charge is 0.0830 e. The number of hydrogen-bond donors (Lipinski definition) is 1. The Kier molecular flexibility index (Phi) is 3.62. The number of ether oxygens (including phenoxy) is 1. The Morgan fingerprint density at radius 2 is 2.19 bits per heavy atom. The fourth-order valence-corrected chi connectivity index (χ4v) is 2.24. The molecule has 0 saturated carbocycles. The van der Waals surface area contributed by atoms with Crippen molar-refractivity contribution >= 4 is 0 Å². The lowest BCUT2D eigenvalue weighted by Gasteiger charge is -2.14. The van der Waals surface area contributed by atoms with Gasteiger partial charge in [-0.25, -0.2) is 0 Å². The zero-order valence-electron chi connectivity index (χ0n) is 10.1. The van der Waals surface area contributed by atoms with Crippen molar-refractivity contribution in [2.45, 2.75) is 44.8 Å². The third kappa shape index (κ3) is 2.45. The van der Waals surface area contributed by atoms with E-state index in [2.05, 4.69) is 38.1 Å². The average molecular weight is 219 g/mol. The molecule has 0 unspecified atom stereocenters. The van der Waals surface area contributed by atoms with Crippen LogP contribution in [-0.2, 0) is 4.74 Å². The molecule has 0 bridgehead atoms. The fraction of sp³-hybridized carbons (Fsp3) is 0.571. The lowest BCUT2D eigenvalue weighted by Crippen LogP contribution is -2.18. The van der Waals surface area contributed by atoms with Crippen LogP contribution in [0.5, 0.6) is 0 Å². The van der Waals surface area contributed by atoms with Crippen molar-refractivity contribution < 1.29 is 4.74 Å². The van der Waals surface area contributed by atoms with Crippen LogP contribution in [0.1, 0.15) is 49.8 Å². The quantitative estimate of drug-likeness (QED) is 0.848. The van der Waals surface area contributed by atoms with Crippen molar-refractivity contribution in [3.05, 3.63) is 35.4 Å². The summed E-state index contributed by atoms with van der Waals surface area (Å²) in [6.45, 7) is 5.08. The second-order valence-electron chi connectivity index (χ2n) is 4.88. The largest absolute Gasteiger partial charge is 0.369 e. The summed E-state index contributed by atoms with van der Waals surface area (Å²) in [5.41, 5.74) is 8.32. The summed E-state index contributed by atoms with van der Waals surface area (Å²) in [7, 11) is 0. The van der Waals surface area contributed by atoms with E-state index < -0.39 is 0 Å². The van der Waals surface area contributed by atoms with E-state index in [1.807, 2.05) is 0 Å². The molecule has 1 aromatic rings. The molecule has 1 aliphatic heterocycles. The molecular formula is C14H21NO. The van der Waals surface area contributed by atoms with Crippen LogP contribution in [0.25, 0.3) is 0 Å². The molecule has 0 amide bonds. The van der Waals surface area contributed by atoms with Gasteiger partial charge in [0.05, 0.1) is 12.2 Å². The van der Waals surface area contributed by atoms with E-state index in [-0.39, 0.29) is 12.2 Å². The van der Waals surface area contributed by atoms with Crippen LogP contribution >= 0.6 is 0 Å². The summed E-state index contributed by atoms with van der Waals surface area (Å²) in [5, 5.41) is 0. The molecule has 88 valence electrons. The van der Waals surface area contributed by atoms with Gasteiger partial charge >= 0.3 is 0 Å². The van der Waals surface area contributed by atoms with Gasteiger partial charge in [-0.05, 0) is 29.9 Å². The molecular weight excluding hydrogens is 198 g/mol. The van der Waals surface area contributed by atoms with Crippen molar-refractivity contribution in [1.29, 1.82) is 0 Å². The van der Waals surface area contributed by atoms with E-state index in [9.17, 15) is 0 Å². The maximum Gasteiger partial charge on any atom is 0.0830 e. The predicted octanol–water partition coefficient (Wildman–Crippen LogP) is 2.99. The first-order valence-electron chi connectivity index (χ1n) is 6.16. The highest BCUT2D eigenvalue weighted by atomic mass is 16.5. The standard InChI is InChI=1S/C14H21NO/c1-10(2)11-4-3-5-12(8-11)14-7-6-13(9-15)16-14/h3-5,8,10,13-14H,6-7,9,15H2,1-2H3/t13-,14+/m1/s1. The molecule has 0 radical (unpaired) electrons. The van der Waals surface area contributed by atoms with Crippen LogP contribution in [0.3, 0.4) is 0 Å². The van der Waals surface area contributed by atoms with Crippen LogP contribution in [-0.4, -0.2) is 12.6 Å². The summed E-state index contributed by atoms with van der Waals surface area (Å²) < 4.78 is 5.91. The first-order chi connectivity index (χ1) is 7.70. The third-order valence-corrected chi connectivity index (χ3v) is 3.32. The minimum atomic E-state index is 0.257. The molecule has 2 heteroatoms. The topological polar surface area (TPSA) is 35.2 Å². The third-order valence-electron chi connectivity index (χ3n) is 3.32. The maximum atomic E-state index is 5.91. The Bertz CT molecular complexity index is 348. The second-order valence-corrected chi connectivity index (χ2v) is 4.88. The van der Waals surface area contributed by atoms with Crippen molar-refractivity contribution in [2.75, 3.05) is 6.54 Å².